The minimum atomic E-state index is 0.490. The van der Waals surface area contributed by atoms with Gasteiger partial charge >= 0.3 is 0 Å². The molecule has 14 heavy (non-hydrogen) atoms. The van der Waals surface area contributed by atoms with Crippen LogP contribution in [0.5, 0.6) is 0 Å². The van der Waals surface area contributed by atoms with Crippen LogP contribution < -0.4 is 5.32 Å². The molecule has 0 aliphatic heterocycles. The Labute approximate surface area is 89.2 Å². The van der Waals surface area contributed by atoms with E-state index in [4.69, 9.17) is 11.6 Å². The van der Waals surface area contributed by atoms with Crippen LogP contribution in [0.2, 0.25) is 5.15 Å². The molecular formula is C10H14ClN3. The molecule has 0 saturated heterocycles. The molecule has 0 radical (unpaired) electrons. The summed E-state index contributed by atoms with van der Waals surface area (Å²) in [5.74, 6) is 0.777. The molecule has 0 spiro atoms. The average Bonchev–Trinajstić information content (AvgIpc) is 2.20. The van der Waals surface area contributed by atoms with E-state index in [0.717, 1.165) is 29.9 Å². The monoisotopic (exact) mass is 211 g/mol. The van der Waals surface area contributed by atoms with Crippen molar-refractivity contribution in [1.29, 1.82) is 0 Å². The largest absolute Gasteiger partial charge is 0.366 e. The van der Waals surface area contributed by atoms with Crippen molar-refractivity contribution in [3.8, 4) is 0 Å². The van der Waals surface area contributed by atoms with Crippen LogP contribution in [-0.4, -0.2) is 16.5 Å². The summed E-state index contributed by atoms with van der Waals surface area (Å²) < 4.78 is 0. The van der Waals surface area contributed by atoms with Crippen molar-refractivity contribution in [2.75, 3.05) is 11.9 Å². The van der Waals surface area contributed by atoms with Gasteiger partial charge in [-0.2, -0.15) is 0 Å². The Morgan fingerprint density at radius 1 is 1.57 bits per heavy atom. The quantitative estimate of drug-likeness (QED) is 0.615. The highest BCUT2D eigenvalue weighted by molar-refractivity contribution is 6.30. The van der Waals surface area contributed by atoms with Gasteiger partial charge in [0.15, 0.2) is 0 Å². The predicted octanol–water partition coefficient (Wildman–Crippen LogP) is 2.82. The van der Waals surface area contributed by atoms with Gasteiger partial charge in [-0.15, -0.1) is 0 Å². The van der Waals surface area contributed by atoms with Crippen molar-refractivity contribution < 1.29 is 0 Å². The smallest absolute Gasteiger partial charge is 0.137 e. The van der Waals surface area contributed by atoms with E-state index in [1.807, 2.05) is 6.92 Å². The van der Waals surface area contributed by atoms with E-state index < -0.39 is 0 Å². The number of anilines is 1. The van der Waals surface area contributed by atoms with E-state index in [0.29, 0.717) is 5.15 Å². The Balaban J connectivity index is 2.68. The second-order valence-electron chi connectivity index (χ2n) is 3.10. The van der Waals surface area contributed by atoms with E-state index in [1.165, 1.54) is 6.33 Å². The van der Waals surface area contributed by atoms with Gasteiger partial charge in [0.25, 0.3) is 0 Å². The molecule has 0 atom stereocenters. The number of halogens is 1. The highest BCUT2D eigenvalue weighted by Crippen LogP contribution is 2.17. The highest BCUT2D eigenvalue weighted by atomic mass is 35.5. The molecule has 0 fully saturated rings. The third-order valence-corrected chi connectivity index (χ3v) is 2.41. The van der Waals surface area contributed by atoms with Gasteiger partial charge in [-0.25, -0.2) is 9.97 Å². The Kier molecular flexibility index (Phi) is 3.89. The van der Waals surface area contributed by atoms with Crippen molar-refractivity contribution >= 4 is 17.4 Å². The zero-order valence-corrected chi connectivity index (χ0v) is 9.23. The molecule has 3 nitrogen and oxygen atoms in total. The lowest BCUT2D eigenvalue weighted by molar-refractivity contribution is 1.02. The van der Waals surface area contributed by atoms with E-state index in [-0.39, 0.29) is 0 Å². The standard InChI is InChI=1S/C10H14ClN3/c1-4-7(2)5-12-10-8(3)9(11)13-6-14-10/h6H,2,4-5H2,1,3H3,(H,12,13,14). The maximum absolute atomic E-state index is 5.85. The lowest BCUT2D eigenvalue weighted by Gasteiger charge is -2.09. The summed E-state index contributed by atoms with van der Waals surface area (Å²) in [4.78, 5) is 7.98. The van der Waals surface area contributed by atoms with E-state index in [2.05, 4.69) is 28.8 Å². The van der Waals surface area contributed by atoms with E-state index >= 15 is 0 Å². The topological polar surface area (TPSA) is 37.8 Å². The van der Waals surface area contributed by atoms with E-state index in [1.54, 1.807) is 0 Å². The Morgan fingerprint density at radius 3 is 2.93 bits per heavy atom. The number of nitrogens with zero attached hydrogens (tertiary/aromatic N) is 2. The van der Waals surface area contributed by atoms with Gasteiger partial charge in [-0.05, 0) is 13.3 Å². The molecule has 0 aliphatic carbocycles. The van der Waals surface area contributed by atoms with Gasteiger partial charge < -0.3 is 5.32 Å². The van der Waals surface area contributed by atoms with E-state index in [9.17, 15) is 0 Å². The first-order valence-corrected chi connectivity index (χ1v) is 4.90. The molecule has 1 aromatic rings. The van der Waals surface area contributed by atoms with Gasteiger partial charge in [-0.3, -0.25) is 0 Å². The minimum Gasteiger partial charge on any atom is -0.366 e. The molecule has 1 rings (SSSR count). The summed E-state index contributed by atoms with van der Waals surface area (Å²) in [6, 6.07) is 0. The molecule has 1 heterocycles. The SMILES string of the molecule is C=C(CC)CNc1ncnc(Cl)c1C. The van der Waals surface area contributed by atoms with Crippen LogP contribution >= 0.6 is 11.6 Å². The zero-order chi connectivity index (χ0) is 10.6. The minimum absolute atomic E-state index is 0.490. The Hall–Kier alpha value is -1.09. The maximum Gasteiger partial charge on any atom is 0.137 e. The molecule has 0 amide bonds. The second-order valence-corrected chi connectivity index (χ2v) is 3.45. The molecule has 0 aromatic carbocycles. The molecule has 0 saturated carbocycles. The van der Waals surface area contributed by atoms with Gasteiger partial charge in [0, 0.05) is 12.1 Å². The average molecular weight is 212 g/mol. The summed E-state index contributed by atoms with van der Waals surface area (Å²) >= 11 is 5.85. The number of aromatic nitrogens is 2. The third-order valence-electron chi connectivity index (χ3n) is 2.03. The van der Waals surface area contributed by atoms with Crippen molar-refractivity contribution in [2.24, 2.45) is 0 Å². The highest BCUT2D eigenvalue weighted by Gasteiger charge is 2.03. The molecule has 4 heteroatoms. The Morgan fingerprint density at radius 2 is 2.29 bits per heavy atom. The summed E-state index contributed by atoms with van der Waals surface area (Å²) in [6.45, 7) is 8.59. The first-order chi connectivity index (χ1) is 6.65. The van der Waals surface area contributed by atoms with Crippen molar-refractivity contribution in [2.45, 2.75) is 20.3 Å². The fourth-order valence-corrected chi connectivity index (χ4v) is 1.07. The fourth-order valence-electron chi connectivity index (χ4n) is 0.941. The molecule has 76 valence electrons. The third kappa shape index (κ3) is 2.70. The summed E-state index contributed by atoms with van der Waals surface area (Å²) in [6.07, 6.45) is 2.41. The fraction of sp³-hybridized carbons (Fsp3) is 0.400. The van der Waals surface area contributed by atoms with Gasteiger partial charge in [0.1, 0.15) is 17.3 Å². The molecule has 1 N–H and O–H groups in total. The lowest BCUT2D eigenvalue weighted by atomic mass is 10.2. The number of hydrogen-bond acceptors (Lipinski definition) is 3. The van der Waals surface area contributed by atoms with Gasteiger partial charge in [0.2, 0.25) is 0 Å². The van der Waals surface area contributed by atoms with Crippen LogP contribution in [0.1, 0.15) is 18.9 Å². The maximum atomic E-state index is 5.85. The summed E-state index contributed by atoms with van der Waals surface area (Å²) in [7, 11) is 0. The lowest BCUT2D eigenvalue weighted by Crippen LogP contribution is -2.07. The van der Waals surface area contributed by atoms with Crippen molar-refractivity contribution in [1.82, 2.24) is 9.97 Å². The number of hydrogen-bond donors (Lipinski definition) is 1. The van der Waals surface area contributed by atoms with Crippen molar-refractivity contribution in [3.63, 3.8) is 0 Å². The summed E-state index contributed by atoms with van der Waals surface area (Å²) in [5.41, 5.74) is 2.01. The molecule has 0 bridgehead atoms. The second kappa shape index (κ2) is 4.96. The predicted molar refractivity (Wildman–Crippen MR) is 59.7 cm³/mol. The first-order valence-electron chi connectivity index (χ1n) is 4.52. The van der Waals surface area contributed by atoms with Gasteiger partial charge in [0.05, 0.1) is 0 Å². The van der Waals surface area contributed by atoms with Crippen LogP contribution in [0.4, 0.5) is 5.82 Å². The molecule has 1 aromatic heterocycles. The van der Waals surface area contributed by atoms with Crippen LogP contribution in [0.3, 0.4) is 0 Å². The van der Waals surface area contributed by atoms with Crippen LogP contribution in [0.25, 0.3) is 0 Å². The molecule has 0 aliphatic rings. The number of nitrogens with one attached hydrogen (secondary N) is 1. The number of rotatable bonds is 4. The van der Waals surface area contributed by atoms with Crippen LogP contribution in [0, 0.1) is 6.92 Å². The van der Waals surface area contributed by atoms with Crippen molar-refractivity contribution in [3.05, 3.63) is 29.2 Å². The Bertz CT molecular complexity index is 336. The van der Waals surface area contributed by atoms with Crippen LogP contribution in [-0.2, 0) is 0 Å². The van der Waals surface area contributed by atoms with Crippen LogP contribution in [0.15, 0.2) is 18.5 Å². The normalized spacial score (nSPS) is 9.93. The molecule has 0 unspecified atom stereocenters. The first kappa shape index (κ1) is 11.0. The zero-order valence-electron chi connectivity index (χ0n) is 8.47. The van der Waals surface area contributed by atoms with Gasteiger partial charge in [-0.1, -0.05) is 30.7 Å². The summed E-state index contributed by atoms with van der Waals surface area (Å²) in [5, 5.41) is 3.66. The molecular weight excluding hydrogens is 198 g/mol.